The van der Waals surface area contributed by atoms with Gasteiger partial charge in [0.05, 0.1) is 0 Å². The lowest BCUT2D eigenvalue weighted by Gasteiger charge is -2.59. The fraction of sp³-hybridized carbons (Fsp3) is 1.00. The third-order valence-corrected chi connectivity index (χ3v) is 4.95. The smallest absolute Gasteiger partial charge is 0.0249 e. The van der Waals surface area contributed by atoms with E-state index in [0.717, 1.165) is 0 Å². The van der Waals surface area contributed by atoms with Gasteiger partial charge in [-0.1, -0.05) is 27.7 Å². The standard InChI is InChI=1S/C15H30N2/c1-13(2,3)17-8-11-14(4,5)10-15(6,7)12(9-17)16-11/h11-12,16H,8-10H2,1-7H3. The van der Waals surface area contributed by atoms with Crippen LogP contribution in [0.15, 0.2) is 0 Å². The van der Waals surface area contributed by atoms with Gasteiger partial charge in [-0.15, -0.1) is 0 Å². The molecule has 17 heavy (non-hydrogen) atoms. The van der Waals surface area contributed by atoms with Crippen LogP contribution in [0.5, 0.6) is 0 Å². The van der Waals surface area contributed by atoms with E-state index in [9.17, 15) is 0 Å². The second kappa shape index (κ2) is 3.71. The fourth-order valence-electron chi connectivity index (χ4n) is 3.78. The van der Waals surface area contributed by atoms with Crippen LogP contribution < -0.4 is 5.32 Å². The number of piperidine rings is 1. The number of rotatable bonds is 0. The molecular weight excluding hydrogens is 208 g/mol. The van der Waals surface area contributed by atoms with Crippen LogP contribution in [0.4, 0.5) is 0 Å². The van der Waals surface area contributed by atoms with Crippen molar-refractivity contribution in [2.75, 3.05) is 13.1 Å². The Morgan fingerprint density at radius 2 is 1.35 bits per heavy atom. The third kappa shape index (κ3) is 2.39. The summed E-state index contributed by atoms with van der Waals surface area (Å²) in [6.07, 6.45) is 1.33. The Morgan fingerprint density at radius 1 is 0.941 bits per heavy atom. The number of hydrogen-bond acceptors (Lipinski definition) is 2. The lowest BCUT2D eigenvalue weighted by Crippen LogP contribution is -2.71. The summed E-state index contributed by atoms with van der Waals surface area (Å²) in [4.78, 5) is 2.67. The molecule has 2 bridgehead atoms. The molecule has 0 amide bonds. The highest BCUT2D eigenvalue weighted by Gasteiger charge is 2.50. The minimum atomic E-state index is 0.294. The SMILES string of the molecule is CC1(C)CC(C)(C)C2CN(C(C)(C)C)CC1N2. The molecule has 2 unspecified atom stereocenters. The van der Waals surface area contributed by atoms with Crippen molar-refractivity contribution in [3.05, 3.63) is 0 Å². The average Bonchev–Trinajstić information content (AvgIpc) is 2.12. The molecule has 0 aromatic heterocycles. The van der Waals surface area contributed by atoms with Gasteiger partial charge in [0.25, 0.3) is 0 Å². The van der Waals surface area contributed by atoms with Crippen molar-refractivity contribution in [3.63, 3.8) is 0 Å². The first kappa shape index (κ1) is 13.4. The van der Waals surface area contributed by atoms with Gasteiger partial charge in [-0.05, 0) is 38.0 Å². The second-order valence-corrected chi connectivity index (χ2v) is 8.50. The molecule has 2 atom stereocenters. The minimum Gasteiger partial charge on any atom is -0.308 e. The van der Waals surface area contributed by atoms with E-state index in [2.05, 4.69) is 58.7 Å². The summed E-state index contributed by atoms with van der Waals surface area (Å²) in [6, 6.07) is 1.29. The molecule has 0 saturated carbocycles. The van der Waals surface area contributed by atoms with Crippen LogP contribution in [0, 0.1) is 10.8 Å². The van der Waals surface area contributed by atoms with Gasteiger partial charge in [0.15, 0.2) is 0 Å². The van der Waals surface area contributed by atoms with Crippen molar-refractivity contribution in [3.8, 4) is 0 Å². The zero-order valence-corrected chi connectivity index (χ0v) is 12.7. The predicted octanol–water partition coefficient (Wildman–Crippen LogP) is 2.88. The van der Waals surface area contributed by atoms with Crippen LogP contribution in [0.3, 0.4) is 0 Å². The Bertz CT molecular complexity index is 277. The van der Waals surface area contributed by atoms with Crippen molar-refractivity contribution in [2.45, 2.75) is 72.5 Å². The van der Waals surface area contributed by atoms with Crippen molar-refractivity contribution < 1.29 is 0 Å². The molecule has 2 saturated heterocycles. The molecule has 2 heterocycles. The maximum Gasteiger partial charge on any atom is 0.0249 e. The lowest BCUT2D eigenvalue weighted by molar-refractivity contribution is -0.0536. The second-order valence-electron chi connectivity index (χ2n) is 8.50. The van der Waals surface area contributed by atoms with Gasteiger partial charge >= 0.3 is 0 Å². The Hall–Kier alpha value is -0.0800. The topological polar surface area (TPSA) is 15.3 Å². The van der Waals surface area contributed by atoms with E-state index in [4.69, 9.17) is 0 Å². The minimum absolute atomic E-state index is 0.294. The van der Waals surface area contributed by atoms with Crippen molar-refractivity contribution in [1.82, 2.24) is 10.2 Å². The molecule has 100 valence electrons. The van der Waals surface area contributed by atoms with Gasteiger partial charge in [-0.3, -0.25) is 4.90 Å². The predicted molar refractivity (Wildman–Crippen MR) is 74.2 cm³/mol. The van der Waals surface area contributed by atoms with Gasteiger partial charge in [-0.2, -0.15) is 0 Å². The van der Waals surface area contributed by atoms with Crippen LogP contribution in [-0.2, 0) is 0 Å². The molecule has 0 spiro atoms. The number of piperazine rings is 1. The normalized spacial score (nSPS) is 36.9. The Morgan fingerprint density at radius 3 is 1.71 bits per heavy atom. The highest BCUT2D eigenvalue weighted by Crippen LogP contribution is 2.46. The number of nitrogens with zero attached hydrogens (tertiary/aromatic N) is 1. The molecule has 0 aliphatic carbocycles. The van der Waals surface area contributed by atoms with E-state index in [1.165, 1.54) is 19.5 Å². The molecule has 2 aliphatic heterocycles. The van der Waals surface area contributed by atoms with E-state index in [1.54, 1.807) is 0 Å². The zero-order valence-electron chi connectivity index (χ0n) is 12.7. The van der Waals surface area contributed by atoms with Crippen LogP contribution >= 0.6 is 0 Å². The van der Waals surface area contributed by atoms with Crippen molar-refractivity contribution >= 4 is 0 Å². The number of hydrogen-bond donors (Lipinski definition) is 1. The fourth-order valence-corrected chi connectivity index (χ4v) is 3.78. The number of nitrogens with one attached hydrogen (secondary N) is 1. The Balaban J connectivity index is 2.25. The molecule has 2 fully saturated rings. The van der Waals surface area contributed by atoms with E-state index in [-0.39, 0.29) is 0 Å². The first-order valence-electron chi connectivity index (χ1n) is 7.03. The van der Waals surface area contributed by atoms with Crippen LogP contribution in [-0.4, -0.2) is 35.6 Å². The summed E-state index contributed by atoms with van der Waals surface area (Å²) in [5, 5.41) is 3.89. The van der Waals surface area contributed by atoms with Crippen molar-refractivity contribution in [1.29, 1.82) is 0 Å². The maximum absolute atomic E-state index is 3.89. The first-order chi connectivity index (χ1) is 7.52. The highest BCUT2D eigenvalue weighted by molar-refractivity contribution is 5.07. The summed E-state index contributed by atoms with van der Waals surface area (Å²) >= 11 is 0. The van der Waals surface area contributed by atoms with Gasteiger partial charge < -0.3 is 5.32 Å². The van der Waals surface area contributed by atoms with Crippen molar-refractivity contribution in [2.24, 2.45) is 10.8 Å². The van der Waals surface area contributed by atoms with Crippen LogP contribution in [0.2, 0.25) is 0 Å². The van der Waals surface area contributed by atoms with Crippen LogP contribution in [0.25, 0.3) is 0 Å². The Kier molecular flexibility index (Phi) is 2.91. The number of likely N-dealkylation sites (tertiary alicyclic amines) is 1. The zero-order chi connectivity index (χ0) is 13.1. The largest absolute Gasteiger partial charge is 0.308 e. The lowest BCUT2D eigenvalue weighted by atomic mass is 9.62. The Labute approximate surface area is 107 Å². The van der Waals surface area contributed by atoms with Gasteiger partial charge in [0, 0.05) is 30.7 Å². The first-order valence-corrected chi connectivity index (χ1v) is 7.03. The third-order valence-electron chi connectivity index (χ3n) is 4.95. The molecule has 0 aromatic carbocycles. The van der Waals surface area contributed by atoms with E-state index >= 15 is 0 Å². The number of fused-ring (bicyclic) bond motifs is 2. The summed E-state index contributed by atoms with van der Waals surface area (Å²) in [5.41, 5.74) is 1.11. The quantitative estimate of drug-likeness (QED) is 0.698. The molecule has 2 nitrogen and oxygen atoms in total. The summed E-state index contributed by atoms with van der Waals surface area (Å²) in [5.74, 6) is 0. The molecule has 2 rings (SSSR count). The summed E-state index contributed by atoms with van der Waals surface area (Å²) in [7, 11) is 0. The molecular formula is C15H30N2. The molecule has 0 radical (unpaired) electrons. The maximum atomic E-state index is 3.89. The molecule has 1 N–H and O–H groups in total. The summed E-state index contributed by atoms with van der Waals surface area (Å²) in [6.45, 7) is 19.1. The van der Waals surface area contributed by atoms with E-state index in [1.807, 2.05) is 0 Å². The molecule has 2 heteroatoms. The van der Waals surface area contributed by atoms with Crippen LogP contribution in [0.1, 0.15) is 54.9 Å². The van der Waals surface area contributed by atoms with Gasteiger partial charge in [-0.25, -0.2) is 0 Å². The van der Waals surface area contributed by atoms with Gasteiger partial charge in [0.1, 0.15) is 0 Å². The summed E-state index contributed by atoms with van der Waals surface area (Å²) < 4.78 is 0. The molecule has 0 aromatic rings. The van der Waals surface area contributed by atoms with E-state index in [0.29, 0.717) is 28.5 Å². The highest BCUT2D eigenvalue weighted by atomic mass is 15.3. The van der Waals surface area contributed by atoms with Gasteiger partial charge in [0.2, 0.25) is 0 Å². The average molecular weight is 238 g/mol. The molecule has 2 aliphatic rings. The monoisotopic (exact) mass is 238 g/mol. The van der Waals surface area contributed by atoms with E-state index < -0.39 is 0 Å².